The molecule has 0 radical (unpaired) electrons. The average Bonchev–Trinajstić information content (AvgIpc) is 3.93. The maximum Gasteiger partial charge on any atom is 0.251 e. The molecule has 25 heteroatoms. The van der Waals surface area contributed by atoms with Gasteiger partial charge in [0.05, 0.1) is 31.0 Å². The lowest BCUT2D eigenvalue weighted by Gasteiger charge is -2.34. The Labute approximate surface area is 436 Å². The van der Waals surface area contributed by atoms with E-state index in [1.807, 2.05) is 6.92 Å². The van der Waals surface area contributed by atoms with Gasteiger partial charge in [0.2, 0.25) is 35.4 Å². The van der Waals surface area contributed by atoms with Gasteiger partial charge in [-0.15, -0.1) is 0 Å². The third kappa shape index (κ3) is 14.1. The summed E-state index contributed by atoms with van der Waals surface area (Å²) in [6, 6.07) is 5.43. The number of amides is 7. The molecule has 3 heterocycles. The number of carbonyl (C=O) groups excluding carboxylic acids is 7. The van der Waals surface area contributed by atoms with Crippen molar-refractivity contribution in [1.29, 1.82) is 0 Å². The van der Waals surface area contributed by atoms with E-state index in [1.54, 1.807) is 24.3 Å². The number of carbonyl (C=O) groups is 7. The first-order valence-electron chi connectivity index (χ1n) is 24.9. The number of hydrogen-bond acceptors (Lipinski definition) is 18. The van der Waals surface area contributed by atoms with Gasteiger partial charge < -0.3 is 91.8 Å². The van der Waals surface area contributed by atoms with Crippen LogP contribution in [-0.4, -0.2) is 196 Å². The van der Waals surface area contributed by atoms with E-state index in [0.717, 1.165) is 48.6 Å². The molecule has 3 saturated heterocycles. The molecule has 0 bridgehead atoms. The van der Waals surface area contributed by atoms with Crippen LogP contribution in [0.25, 0.3) is 0 Å². The molecule has 25 nitrogen and oxygen atoms in total. The fourth-order valence-electron chi connectivity index (χ4n) is 9.01. The fourth-order valence-corrected chi connectivity index (χ4v) is 9.01. The van der Waals surface area contributed by atoms with Crippen molar-refractivity contribution in [3.63, 3.8) is 0 Å². The van der Waals surface area contributed by atoms with Crippen molar-refractivity contribution in [2.75, 3.05) is 19.7 Å². The van der Waals surface area contributed by atoms with E-state index >= 15 is 0 Å². The zero-order valence-electron chi connectivity index (χ0n) is 42.1. The van der Waals surface area contributed by atoms with Crippen molar-refractivity contribution in [3.8, 4) is 23.0 Å². The van der Waals surface area contributed by atoms with Crippen molar-refractivity contribution in [2.24, 2.45) is 5.92 Å². The van der Waals surface area contributed by atoms with Gasteiger partial charge in [-0.05, 0) is 86.5 Å². The highest BCUT2D eigenvalue weighted by atomic mass is 16.5. The predicted octanol–water partition coefficient (Wildman–Crippen LogP) is -2.86. The summed E-state index contributed by atoms with van der Waals surface area (Å²) in [4.78, 5) is 101. The van der Waals surface area contributed by atoms with E-state index in [1.165, 1.54) is 43.3 Å². The lowest BCUT2D eigenvalue weighted by atomic mass is 9.96. The third-order valence-corrected chi connectivity index (χ3v) is 13.4. The van der Waals surface area contributed by atoms with Gasteiger partial charge in [0, 0.05) is 37.4 Å². The number of ether oxygens (including phenoxy) is 2. The Morgan fingerprint density at radius 1 is 0.684 bits per heavy atom. The molecule has 0 aliphatic carbocycles. The first kappa shape index (κ1) is 58.3. The molecular formula is C51H67N7O18. The molecule has 7 amide bonds. The van der Waals surface area contributed by atoms with Crippen LogP contribution in [0.3, 0.4) is 0 Å². The van der Waals surface area contributed by atoms with E-state index in [0.29, 0.717) is 23.9 Å². The minimum absolute atomic E-state index is 0.0508. The second-order valence-electron chi connectivity index (χ2n) is 19.3. The molecule has 0 saturated carbocycles. The number of phenolic OH excluding ortho intramolecular Hbond substituents is 1. The van der Waals surface area contributed by atoms with Gasteiger partial charge in [-0.25, -0.2) is 0 Å². The zero-order chi connectivity index (χ0) is 55.7. The topological polar surface area (TPSA) is 387 Å². The van der Waals surface area contributed by atoms with Gasteiger partial charge >= 0.3 is 0 Å². The first-order valence-corrected chi connectivity index (χ1v) is 24.9. The van der Waals surface area contributed by atoms with Crippen LogP contribution >= 0.6 is 0 Å². The molecule has 3 aromatic rings. The van der Waals surface area contributed by atoms with Gasteiger partial charge in [-0.3, -0.25) is 33.6 Å². The molecule has 6 rings (SSSR count). The number of nitrogens with zero attached hydrogens (tertiary/aromatic N) is 2. The number of aromatic hydroxyl groups is 1. The van der Waals surface area contributed by atoms with Crippen molar-refractivity contribution in [1.82, 2.24) is 36.4 Å². The molecule has 3 aromatic carbocycles. The van der Waals surface area contributed by atoms with Crippen LogP contribution in [0, 0.1) is 5.92 Å². The number of nitrogens with one attached hydrogen (secondary N) is 5. The molecule has 3 aliphatic heterocycles. The van der Waals surface area contributed by atoms with Crippen molar-refractivity contribution >= 4 is 41.4 Å². The number of hydrogen-bond donors (Lipinski definition) is 14. The Balaban J connectivity index is 1.33. The van der Waals surface area contributed by atoms with E-state index in [-0.39, 0.29) is 23.4 Å². The summed E-state index contributed by atoms with van der Waals surface area (Å²) < 4.78 is 11.6. The third-order valence-electron chi connectivity index (χ3n) is 13.4. The molecule has 0 spiro atoms. The van der Waals surface area contributed by atoms with Crippen LogP contribution in [-0.2, 0) is 28.8 Å². The molecule has 0 aromatic heterocycles. The predicted molar refractivity (Wildman–Crippen MR) is 264 cm³/mol. The first-order chi connectivity index (χ1) is 36.0. The number of aliphatic hydroxyl groups excluding tert-OH is 8. The van der Waals surface area contributed by atoms with Gasteiger partial charge in [0.15, 0.2) is 6.23 Å². The number of phenols is 1. The lowest BCUT2D eigenvalue weighted by Crippen LogP contribution is -2.64. The van der Waals surface area contributed by atoms with E-state index < -0.39 is 152 Å². The van der Waals surface area contributed by atoms with Gasteiger partial charge in [-0.2, -0.15) is 0 Å². The average molecular weight is 1070 g/mol. The van der Waals surface area contributed by atoms with Gasteiger partial charge in [-0.1, -0.05) is 32.4 Å². The van der Waals surface area contributed by atoms with E-state index in [9.17, 15) is 79.5 Å². The van der Waals surface area contributed by atoms with Crippen LogP contribution in [0.2, 0.25) is 0 Å². The summed E-state index contributed by atoms with van der Waals surface area (Å²) >= 11 is 0. The van der Waals surface area contributed by atoms with E-state index in [4.69, 9.17) is 9.47 Å². The second-order valence-corrected chi connectivity index (χ2v) is 19.3. The Morgan fingerprint density at radius 2 is 1.24 bits per heavy atom. The summed E-state index contributed by atoms with van der Waals surface area (Å²) in [5.41, 5.74) is -0.128. The maximum atomic E-state index is 14.4. The summed E-state index contributed by atoms with van der Waals surface area (Å²) in [5, 5.41) is 111. The largest absolute Gasteiger partial charge is 0.508 e. The van der Waals surface area contributed by atoms with Gasteiger partial charge in [0.25, 0.3) is 5.91 Å². The molecule has 3 fully saturated rings. The van der Waals surface area contributed by atoms with Crippen LogP contribution in [0.15, 0.2) is 72.8 Å². The van der Waals surface area contributed by atoms with Crippen LogP contribution in [0.4, 0.5) is 0 Å². The van der Waals surface area contributed by atoms with Crippen molar-refractivity contribution in [2.45, 2.75) is 139 Å². The zero-order valence-corrected chi connectivity index (χ0v) is 42.1. The normalized spacial score (nSPS) is 28.8. The second kappa shape index (κ2) is 25.7. The quantitative estimate of drug-likeness (QED) is 0.0766. The van der Waals surface area contributed by atoms with Gasteiger partial charge in [0.1, 0.15) is 77.6 Å². The van der Waals surface area contributed by atoms with Crippen molar-refractivity contribution in [3.05, 3.63) is 83.9 Å². The number of aliphatic hydroxyl groups is 8. The SMILES string of the molecule is CCCCOc1ccc(Oc2ccc(C(=O)N[C@H]3C[C@@H](O)[C@@H](O)NC(=O)[C@@H]4[C@@H](O)[C@@H](C)CN4C(=O)[C@H]([C@@H](C)O)NC(=O)[C@H]([C@H](O)[C@@H](O)c4ccc(O)cc4)NC(=O)[C@@H]4C[C@@H](O)CN4C(=O)[C@H]([C@@H](C)O)NC3=O)cc2)cc1. The highest BCUT2D eigenvalue weighted by Gasteiger charge is 2.50. The Kier molecular flexibility index (Phi) is 19.7. The molecule has 76 heavy (non-hydrogen) atoms. The fraction of sp³-hybridized carbons (Fsp3) is 0.510. The number of benzene rings is 3. The van der Waals surface area contributed by atoms with Crippen LogP contribution in [0.5, 0.6) is 23.0 Å². The maximum absolute atomic E-state index is 14.4. The Bertz CT molecular complexity index is 2520. The standard InChI is InChI=1S/C51H67N7O18/c1-5-6-19-75-31-15-17-33(18-16-31)76-32-13-9-28(10-14-32)44(67)52-34-21-36(63)47(70)56-49(72)40-41(64)24(2)22-58(40)51(74)38(26(4)60)54-48(71)39(43(66)42(65)27-7-11-29(61)12-8-27)55-46(69)35-20-30(62)23-57(35)50(73)37(25(3)59)53-45(34)68/h7-18,24-26,30,34-43,47,59-66,70H,5-6,19-23H2,1-4H3,(H,52,67)(H,53,68)(H,54,71)(H,55,69)(H,56,72)/t24-,25+,26+,30+,34-,35-,36+,37-,38-,39-,40-,41-,42-,43-,47+/m0/s1. The minimum atomic E-state index is -2.30. The molecule has 14 N–H and O–H groups in total. The molecule has 15 atom stereocenters. The minimum Gasteiger partial charge on any atom is -0.508 e. The highest BCUT2D eigenvalue weighted by Crippen LogP contribution is 2.29. The summed E-state index contributed by atoms with van der Waals surface area (Å²) in [7, 11) is 0. The summed E-state index contributed by atoms with van der Waals surface area (Å²) in [5.74, 6) is -8.14. The van der Waals surface area contributed by atoms with Crippen LogP contribution in [0.1, 0.15) is 75.4 Å². The molecule has 0 unspecified atom stereocenters. The summed E-state index contributed by atoms with van der Waals surface area (Å²) in [6.45, 7) is 5.26. The Morgan fingerprint density at radius 3 is 1.83 bits per heavy atom. The highest BCUT2D eigenvalue weighted by molar-refractivity contribution is 6.00. The Hall–Kier alpha value is -6.97. The van der Waals surface area contributed by atoms with E-state index in [2.05, 4.69) is 26.6 Å². The smallest absolute Gasteiger partial charge is 0.251 e. The lowest BCUT2D eigenvalue weighted by molar-refractivity contribution is -0.148. The molecule has 414 valence electrons. The monoisotopic (exact) mass is 1070 g/mol. The van der Waals surface area contributed by atoms with Crippen molar-refractivity contribution < 1.29 is 89.0 Å². The number of unbranched alkanes of at least 4 members (excludes halogenated alkanes) is 1. The molecule has 3 aliphatic rings. The number of rotatable bonds is 13. The summed E-state index contributed by atoms with van der Waals surface area (Å²) in [6.07, 6.45) is -15.0. The number of fused-ring (bicyclic) bond motifs is 2. The van der Waals surface area contributed by atoms with Crippen LogP contribution < -0.4 is 36.1 Å². The molecular weight excluding hydrogens is 999 g/mol.